The molecule has 0 spiro atoms. The first-order chi connectivity index (χ1) is 12.4. The van der Waals surface area contributed by atoms with E-state index in [4.69, 9.17) is 0 Å². The molecule has 1 amide bonds. The van der Waals surface area contributed by atoms with Crippen LogP contribution in [0.4, 0.5) is 13.2 Å². The average molecular weight is 406 g/mol. The van der Waals surface area contributed by atoms with E-state index in [2.05, 4.69) is 25.7 Å². The molecule has 0 saturated carbocycles. The fourth-order valence-electron chi connectivity index (χ4n) is 2.71. The maximum absolute atomic E-state index is 12.2. The molecular formula is C16H19ClF3N5O2. The second-order valence-electron chi connectivity index (χ2n) is 5.94. The normalized spacial score (nSPS) is 15.1. The minimum absolute atomic E-state index is 0. The molecule has 2 heterocycles. The first-order valence-corrected chi connectivity index (χ1v) is 8.16. The third kappa shape index (κ3) is 6.10. The standard InChI is InChI=1S/C16H18F3N5O2.ClH/c17-16(18,19)26-13-3-1-11(2-4-13)9-21-15(25)14-10-24(23-22-14)12-5-7-20-8-6-12;/h1-4,10,12,20H,5-9H2,(H,21,25);1H. The second kappa shape index (κ2) is 9.05. The van der Waals surface area contributed by atoms with E-state index in [1.165, 1.54) is 24.3 Å². The Kier molecular flexibility index (Phi) is 7.03. The molecule has 7 nitrogen and oxygen atoms in total. The first-order valence-electron chi connectivity index (χ1n) is 8.16. The van der Waals surface area contributed by atoms with Gasteiger partial charge in [0.15, 0.2) is 5.69 Å². The molecule has 2 N–H and O–H groups in total. The summed E-state index contributed by atoms with van der Waals surface area (Å²) in [5.74, 6) is -0.696. The van der Waals surface area contributed by atoms with Crippen molar-refractivity contribution < 1.29 is 22.7 Å². The predicted octanol–water partition coefficient (Wildman–Crippen LogP) is 2.45. The third-order valence-corrected chi connectivity index (χ3v) is 4.04. The van der Waals surface area contributed by atoms with Gasteiger partial charge in [-0.1, -0.05) is 17.3 Å². The fourth-order valence-corrected chi connectivity index (χ4v) is 2.71. The molecule has 11 heteroatoms. The minimum Gasteiger partial charge on any atom is -0.406 e. The van der Waals surface area contributed by atoms with Crippen LogP contribution in [0, 0.1) is 0 Å². The lowest BCUT2D eigenvalue weighted by atomic mass is 10.1. The molecule has 148 valence electrons. The van der Waals surface area contributed by atoms with Crippen molar-refractivity contribution in [3.05, 3.63) is 41.7 Å². The zero-order valence-electron chi connectivity index (χ0n) is 14.2. The van der Waals surface area contributed by atoms with Crippen LogP contribution in [0.2, 0.25) is 0 Å². The van der Waals surface area contributed by atoms with Gasteiger partial charge < -0.3 is 15.4 Å². The highest BCUT2D eigenvalue weighted by Crippen LogP contribution is 2.22. The van der Waals surface area contributed by atoms with Gasteiger partial charge in [-0.05, 0) is 43.6 Å². The van der Waals surface area contributed by atoms with E-state index < -0.39 is 6.36 Å². The third-order valence-electron chi connectivity index (χ3n) is 4.04. The van der Waals surface area contributed by atoms with Crippen molar-refractivity contribution in [2.75, 3.05) is 13.1 Å². The number of hydrogen-bond donors (Lipinski definition) is 2. The number of halogens is 4. The van der Waals surface area contributed by atoms with Crippen molar-refractivity contribution in [2.24, 2.45) is 0 Å². The number of amides is 1. The van der Waals surface area contributed by atoms with Gasteiger partial charge in [0, 0.05) is 6.54 Å². The van der Waals surface area contributed by atoms with Crippen molar-refractivity contribution >= 4 is 18.3 Å². The van der Waals surface area contributed by atoms with E-state index in [-0.39, 0.29) is 42.3 Å². The molecule has 0 bridgehead atoms. The molecule has 3 rings (SSSR count). The molecule has 0 radical (unpaired) electrons. The Morgan fingerprint density at radius 3 is 2.56 bits per heavy atom. The highest BCUT2D eigenvalue weighted by atomic mass is 35.5. The number of carbonyl (C=O) groups excluding carboxylic acids is 1. The van der Waals surface area contributed by atoms with Crippen molar-refractivity contribution in [1.82, 2.24) is 25.6 Å². The lowest BCUT2D eigenvalue weighted by molar-refractivity contribution is -0.274. The van der Waals surface area contributed by atoms with E-state index in [0.29, 0.717) is 5.56 Å². The molecule has 1 aromatic heterocycles. The number of nitrogens with zero attached hydrogens (tertiary/aromatic N) is 3. The summed E-state index contributed by atoms with van der Waals surface area (Å²) >= 11 is 0. The summed E-state index contributed by atoms with van der Waals surface area (Å²) in [5, 5.41) is 13.8. The molecule has 1 fully saturated rings. The van der Waals surface area contributed by atoms with E-state index in [9.17, 15) is 18.0 Å². The summed E-state index contributed by atoms with van der Waals surface area (Å²) in [5.41, 5.74) is 0.846. The van der Waals surface area contributed by atoms with Gasteiger partial charge in [0.25, 0.3) is 5.91 Å². The van der Waals surface area contributed by atoms with Crippen LogP contribution in [0.15, 0.2) is 30.5 Å². The van der Waals surface area contributed by atoms with E-state index in [1.807, 2.05) is 0 Å². The lowest BCUT2D eigenvalue weighted by Gasteiger charge is -2.22. The predicted molar refractivity (Wildman–Crippen MR) is 92.7 cm³/mol. The summed E-state index contributed by atoms with van der Waals surface area (Å²) in [4.78, 5) is 12.2. The van der Waals surface area contributed by atoms with Crippen LogP contribution >= 0.6 is 12.4 Å². The van der Waals surface area contributed by atoms with E-state index in [0.717, 1.165) is 25.9 Å². The smallest absolute Gasteiger partial charge is 0.406 e. The lowest BCUT2D eigenvalue weighted by Crippen LogP contribution is -2.29. The molecule has 0 atom stereocenters. The molecule has 1 saturated heterocycles. The van der Waals surface area contributed by atoms with Gasteiger partial charge in [0.2, 0.25) is 0 Å². The largest absolute Gasteiger partial charge is 0.573 e. The van der Waals surface area contributed by atoms with Crippen LogP contribution in [0.3, 0.4) is 0 Å². The van der Waals surface area contributed by atoms with Gasteiger partial charge in [0.05, 0.1) is 12.2 Å². The Morgan fingerprint density at radius 2 is 1.93 bits per heavy atom. The van der Waals surface area contributed by atoms with Crippen LogP contribution in [0.25, 0.3) is 0 Å². The molecule has 0 unspecified atom stereocenters. The highest BCUT2D eigenvalue weighted by molar-refractivity contribution is 5.91. The van der Waals surface area contributed by atoms with Crippen LogP contribution in [0.1, 0.15) is 34.9 Å². The average Bonchev–Trinajstić information content (AvgIpc) is 3.10. The molecule has 1 aliphatic heterocycles. The zero-order chi connectivity index (χ0) is 18.6. The maximum Gasteiger partial charge on any atom is 0.573 e. The zero-order valence-corrected chi connectivity index (χ0v) is 15.0. The quantitative estimate of drug-likeness (QED) is 0.798. The number of carbonyl (C=O) groups is 1. The molecule has 1 aromatic carbocycles. The van der Waals surface area contributed by atoms with Gasteiger partial charge in [0.1, 0.15) is 5.75 Å². The number of aromatic nitrogens is 3. The Morgan fingerprint density at radius 1 is 1.26 bits per heavy atom. The number of ether oxygens (including phenoxy) is 1. The second-order valence-corrected chi connectivity index (χ2v) is 5.94. The van der Waals surface area contributed by atoms with Crippen LogP contribution in [-0.2, 0) is 6.54 Å². The summed E-state index contributed by atoms with van der Waals surface area (Å²) in [6, 6.07) is 5.53. The van der Waals surface area contributed by atoms with Gasteiger partial charge in [-0.15, -0.1) is 30.7 Å². The van der Waals surface area contributed by atoms with Gasteiger partial charge in [-0.3, -0.25) is 4.79 Å². The SMILES string of the molecule is Cl.O=C(NCc1ccc(OC(F)(F)F)cc1)c1cn(C2CCNCC2)nn1. The number of rotatable bonds is 5. The topological polar surface area (TPSA) is 81.1 Å². The molecule has 0 aliphatic carbocycles. The summed E-state index contributed by atoms with van der Waals surface area (Å²) < 4.78 is 41.9. The summed E-state index contributed by atoms with van der Waals surface area (Å²) in [6.45, 7) is 1.96. The molecule has 2 aromatic rings. The Labute approximate surface area is 159 Å². The molecule has 27 heavy (non-hydrogen) atoms. The van der Waals surface area contributed by atoms with Gasteiger partial charge >= 0.3 is 6.36 Å². The summed E-state index contributed by atoms with van der Waals surface area (Å²) in [6.07, 6.45) is -1.25. The van der Waals surface area contributed by atoms with Gasteiger partial charge in [-0.2, -0.15) is 0 Å². The van der Waals surface area contributed by atoms with E-state index >= 15 is 0 Å². The number of alkyl halides is 3. The van der Waals surface area contributed by atoms with Crippen molar-refractivity contribution in [3.63, 3.8) is 0 Å². The molecule has 1 aliphatic rings. The number of piperidine rings is 1. The van der Waals surface area contributed by atoms with Gasteiger partial charge in [-0.25, -0.2) is 4.68 Å². The number of hydrogen-bond acceptors (Lipinski definition) is 5. The number of nitrogens with one attached hydrogen (secondary N) is 2. The van der Waals surface area contributed by atoms with E-state index in [1.54, 1.807) is 10.9 Å². The Balaban J connectivity index is 0.00000261. The maximum atomic E-state index is 12.2. The highest BCUT2D eigenvalue weighted by Gasteiger charge is 2.30. The molecular weight excluding hydrogens is 387 g/mol. The van der Waals surface area contributed by atoms with Crippen molar-refractivity contribution in [1.29, 1.82) is 0 Å². The fraction of sp³-hybridized carbons (Fsp3) is 0.438. The Bertz CT molecular complexity index is 745. The monoisotopic (exact) mass is 405 g/mol. The first kappa shape index (κ1) is 21.0. The Hall–Kier alpha value is -2.33. The number of benzene rings is 1. The summed E-state index contributed by atoms with van der Waals surface area (Å²) in [7, 11) is 0. The van der Waals surface area contributed by atoms with Crippen LogP contribution in [-0.4, -0.2) is 40.4 Å². The van der Waals surface area contributed by atoms with Crippen molar-refractivity contribution in [2.45, 2.75) is 31.8 Å². The minimum atomic E-state index is -4.73. The van der Waals surface area contributed by atoms with Crippen LogP contribution < -0.4 is 15.4 Å². The van der Waals surface area contributed by atoms with Crippen molar-refractivity contribution in [3.8, 4) is 5.75 Å². The van der Waals surface area contributed by atoms with Crippen LogP contribution in [0.5, 0.6) is 5.75 Å².